The lowest BCUT2D eigenvalue weighted by Crippen LogP contribution is -2.07. The van der Waals surface area contributed by atoms with Crippen LogP contribution in [0, 0.1) is 0 Å². The zero-order valence-corrected chi connectivity index (χ0v) is 9.49. The van der Waals surface area contributed by atoms with E-state index in [-0.39, 0.29) is 24.6 Å². The van der Waals surface area contributed by atoms with Gasteiger partial charge in [-0.2, -0.15) is 0 Å². The Hall–Kier alpha value is -1.53. The molecule has 0 amide bonds. The maximum atomic E-state index is 10.2. The molecule has 102 valence electrons. The summed E-state index contributed by atoms with van der Waals surface area (Å²) in [6, 6.07) is 8.30. The first-order valence-electron chi connectivity index (χ1n) is 3.36. The zero-order valence-electron chi connectivity index (χ0n) is 9.49. The molecule has 16 N–H and O–H groups in total. The largest absolute Gasteiger partial charge is 0.631 e. The van der Waals surface area contributed by atoms with E-state index in [1.165, 1.54) is 0 Å². The summed E-state index contributed by atoms with van der Waals surface area (Å²) < 4.78 is 0. The molecule has 0 aliphatic rings. The minimum atomic E-state index is -2.17. The summed E-state index contributed by atoms with van der Waals surface area (Å²) in [6.07, 6.45) is 0. The molecule has 0 heterocycles. The third-order valence-electron chi connectivity index (χ3n) is 1.02. The third-order valence-corrected chi connectivity index (χ3v) is 1.02. The molecule has 0 aliphatic heterocycles. The molecule has 0 fully saturated rings. The molecule has 1 rings (SSSR count). The number of hydrogen-bond acceptors (Lipinski definition) is 8. The van der Waals surface area contributed by atoms with Crippen LogP contribution in [-0.2, 0) is 0 Å². The van der Waals surface area contributed by atoms with Crippen LogP contribution in [0.1, 0.15) is 10.4 Å². The van der Waals surface area contributed by atoms with E-state index in [4.69, 9.17) is 20.2 Å². The fourth-order valence-electron chi connectivity index (χ4n) is 0.581. The topological polar surface area (TPSA) is 238 Å². The highest BCUT2D eigenvalue weighted by atomic mass is 16.5. The van der Waals surface area contributed by atoms with Crippen molar-refractivity contribution in [1.82, 2.24) is 24.6 Å². The van der Waals surface area contributed by atoms with Crippen LogP contribution in [0.5, 0.6) is 0 Å². The molecule has 17 heavy (non-hydrogen) atoms. The Labute approximate surface area is 99.6 Å². The van der Waals surface area contributed by atoms with Gasteiger partial charge in [-0.1, -0.05) is 18.2 Å². The van der Waals surface area contributed by atoms with Crippen LogP contribution in [0.3, 0.4) is 0 Å². The van der Waals surface area contributed by atoms with Gasteiger partial charge in [-0.05, 0) is 12.1 Å². The highest BCUT2D eigenvalue weighted by Gasteiger charge is 1.96. The summed E-state index contributed by atoms with van der Waals surface area (Å²) in [5.41, 5.74) is 0.331. The Bertz CT molecular complexity index is 259. The van der Waals surface area contributed by atoms with Gasteiger partial charge in [0.05, 0.1) is 5.56 Å². The average molecular weight is 252 g/mol. The van der Waals surface area contributed by atoms with Gasteiger partial charge in [0.2, 0.25) is 0 Å². The molecular formula is C7H21BN4O5. The van der Waals surface area contributed by atoms with Gasteiger partial charge < -0.3 is 44.8 Å². The van der Waals surface area contributed by atoms with E-state index in [0.717, 1.165) is 0 Å². The Morgan fingerprint density at radius 1 is 0.882 bits per heavy atom. The maximum Gasteiger partial charge on any atom is 0.631 e. The number of carboxylic acid groups (broad SMARTS) is 1. The first-order chi connectivity index (χ1) is 6.04. The van der Waals surface area contributed by atoms with E-state index in [1.807, 2.05) is 0 Å². The summed E-state index contributed by atoms with van der Waals surface area (Å²) in [6.45, 7) is 0. The number of hydrogen-bond donors (Lipinski definition) is 8. The van der Waals surface area contributed by atoms with Crippen LogP contribution in [0.2, 0.25) is 0 Å². The number of aromatic carboxylic acids is 1. The summed E-state index contributed by atoms with van der Waals surface area (Å²) in [5.74, 6) is -0.879. The standard InChI is InChI=1S/C7H6O2.BH3O3.4H3N/c8-7(9)6-4-2-1-3-5-6;2-1(3)4;;;;/h1-5H,(H,8,9);2-4H;4*1H3. The predicted octanol–water partition coefficient (Wildman–Crippen LogP) is -0.0190. The van der Waals surface area contributed by atoms with Crippen LogP contribution in [0.15, 0.2) is 30.3 Å². The smallest absolute Gasteiger partial charge is 0.478 e. The van der Waals surface area contributed by atoms with Crippen molar-refractivity contribution in [2.75, 3.05) is 0 Å². The quantitative estimate of drug-likeness (QED) is 0.312. The van der Waals surface area contributed by atoms with Crippen molar-refractivity contribution in [2.24, 2.45) is 0 Å². The van der Waals surface area contributed by atoms with Gasteiger partial charge in [-0.15, -0.1) is 0 Å². The van der Waals surface area contributed by atoms with Gasteiger partial charge in [0.15, 0.2) is 0 Å². The normalized spacial score (nSPS) is 6.29. The highest BCUT2D eigenvalue weighted by Crippen LogP contribution is 1.96. The number of carbonyl (C=O) groups is 1. The summed E-state index contributed by atoms with van der Waals surface area (Å²) in [4.78, 5) is 10.2. The highest BCUT2D eigenvalue weighted by molar-refractivity contribution is 6.30. The molecule has 0 saturated heterocycles. The minimum Gasteiger partial charge on any atom is -0.478 e. The summed E-state index contributed by atoms with van der Waals surface area (Å²) in [7, 11) is -2.17. The molecule has 10 heteroatoms. The van der Waals surface area contributed by atoms with Crippen molar-refractivity contribution in [3.05, 3.63) is 35.9 Å². The molecular weight excluding hydrogens is 231 g/mol. The summed E-state index contributed by atoms with van der Waals surface area (Å²) in [5, 5.41) is 29.9. The SMILES string of the molecule is N.N.N.N.O=C(O)c1ccccc1.OB(O)O. The predicted molar refractivity (Wildman–Crippen MR) is 65.9 cm³/mol. The van der Waals surface area contributed by atoms with E-state index in [0.29, 0.717) is 5.56 Å². The Kier molecular flexibility index (Phi) is 29.4. The molecule has 0 bridgehead atoms. The molecule has 0 aliphatic carbocycles. The summed E-state index contributed by atoms with van der Waals surface area (Å²) >= 11 is 0. The van der Waals surface area contributed by atoms with Crippen molar-refractivity contribution < 1.29 is 25.0 Å². The van der Waals surface area contributed by atoms with E-state index >= 15 is 0 Å². The lowest BCUT2D eigenvalue weighted by molar-refractivity contribution is 0.0697. The monoisotopic (exact) mass is 252 g/mol. The van der Waals surface area contributed by atoms with Gasteiger partial charge >= 0.3 is 13.3 Å². The van der Waals surface area contributed by atoms with Crippen molar-refractivity contribution in [1.29, 1.82) is 0 Å². The van der Waals surface area contributed by atoms with Crippen molar-refractivity contribution in [3.8, 4) is 0 Å². The van der Waals surface area contributed by atoms with Crippen LogP contribution < -0.4 is 24.6 Å². The second-order valence-electron chi connectivity index (χ2n) is 2.02. The Balaban J connectivity index is -0.0000000542. The number of benzene rings is 1. The first kappa shape index (κ1) is 29.6. The molecule has 0 saturated carbocycles. The van der Waals surface area contributed by atoms with Crippen molar-refractivity contribution in [3.63, 3.8) is 0 Å². The fraction of sp³-hybridized carbons (Fsp3) is 0. The van der Waals surface area contributed by atoms with Gasteiger partial charge in [0.25, 0.3) is 0 Å². The van der Waals surface area contributed by atoms with E-state index in [9.17, 15) is 4.79 Å². The molecule has 9 nitrogen and oxygen atoms in total. The number of rotatable bonds is 1. The fourth-order valence-corrected chi connectivity index (χ4v) is 0.581. The minimum absolute atomic E-state index is 0. The second kappa shape index (κ2) is 16.9. The van der Waals surface area contributed by atoms with Crippen molar-refractivity contribution >= 4 is 13.3 Å². The van der Waals surface area contributed by atoms with Crippen LogP contribution in [0.25, 0.3) is 0 Å². The third kappa shape index (κ3) is 20.5. The lowest BCUT2D eigenvalue weighted by Gasteiger charge is -1.88. The lowest BCUT2D eigenvalue weighted by atomic mass is 10.2. The van der Waals surface area contributed by atoms with Crippen LogP contribution in [0.4, 0.5) is 0 Å². The van der Waals surface area contributed by atoms with E-state index in [2.05, 4.69) is 0 Å². The second-order valence-corrected chi connectivity index (χ2v) is 2.02. The molecule has 1 aromatic rings. The number of carboxylic acids is 1. The molecule has 0 unspecified atom stereocenters. The van der Waals surface area contributed by atoms with Gasteiger partial charge in [0, 0.05) is 0 Å². The zero-order chi connectivity index (χ0) is 10.3. The van der Waals surface area contributed by atoms with Gasteiger partial charge in [0.1, 0.15) is 0 Å². The van der Waals surface area contributed by atoms with Crippen LogP contribution in [-0.4, -0.2) is 33.5 Å². The van der Waals surface area contributed by atoms with Gasteiger partial charge in [-0.3, -0.25) is 0 Å². The molecule has 0 atom stereocenters. The van der Waals surface area contributed by atoms with Crippen LogP contribution >= 0.6 is 0 Å². The average Bonchev–Trinajstić information content (AvgIpc) is 2.05. The van der Waals surface area contributed by atoms with E-state index < -0.39 is 13.3 Å². The molecule has 0 radical (unpaired) electrons. The first-order valence-corrected chi connectivity index (χ1v) is 3.36. The Morgan fingerprint density at radius 2 is 1.18 bits per heavy atom. The Morgan fingerprint density at radius 3 is 1.35 bits per heavy atom. The van der Waals surface area contributed by atoms with Gasteiger partial charge in [-0.25, -0.2) is 4.79 Å². The molecule has 1 aromatic carbocycles. The molecule has 0 aromatic heterocycles. The maximum absolute atomic E-state index is 10.2. The van der Waals surface area contributed by atoms with E-state index in [1.54, 1.807) is 30.3 Å². The molecule has 0 spiro atoms. The van der Waals surface area contributed by atoms with Crippen molar-refractivity contribution in [2.45, 2.75) is 0 Å².